The fraction of sp³-hybridized carbons (Fsp3) is 0.375. The van der Waals surface area contributed by atoms with Gasteiger partial charge in [0.1, 0.15) is 22.7 Å². The quantitative estimate of drug-likeness (QED) is 0.188. The third-order valence-electron chi connectivity index (χ3n) is 8.11. The standard InChI is InChI=1S/C32H36Cl3N3O4S/c1-9-42-26-19-25(30(2,3)4)27(43(40,41)37(7)8)18-24(26)28-36-31(5,20-10-14-22(33)15-11-20)32(6,38(28)29(35)39)21-12-16-23(34)17-13-21/h10-19H,9H2,1-8H3/t31-,32-/m0/s1. The average Bonchev–Trinajstić information content (AvgIpc) is 3.17. The Kier molecular flexibility index (Phi) is 9.06. The molecular formula is C32H36Cl3N3O4S. The molecule has 1 heterocycles. The lowest BCUT2D eigenvalue weighted by atomic mass is 9.71. The lowest BCUT2D eigenvalue weighted by Crippen LogP contribution is -2.53. The summed E-state index contributed by atoms with van der Waals surface area (Å²) in [5, 5.41) is 0.273. The van der Waals surface area contributed by atoms with Crippen LogP contribution in [0.3, 0.4) is 0 Å². The lowest BCUT2D eigenvalue weighted by Gasteiger charge is -2.44. The SMILES string of the molecule is CCOc1cc(C(C)(C)C)c(S(=O)(=O)N(C)C)cc1C1=N[C@@](C)(c2ccc(Cl)cc2)[C@](C)(c2ccc(Cl)cc2)N1C(=O)Cl. The summed E-state index contributed by atoms with van der Waals surface area (Å²) < 4.78 is 34.7. The van der Waals surface area contributed by atoms with Crippen LogP contribution in [-0.4, -0.2) is 49.5 Å². The van der Waals surface area contributed by atoms with Crippen molar-refractivity contribution in [3.63, 3.8) is 0 Å². The molecular weight excluding hydrogens is 629 g/mol. The molecule has 0 aliphatic carbocycles. The van der Waals surface area contributed by atoms with Crippen LogP contribution in [0.15, 0.2) is 70.6 Å². The van der Waals surface area contributed by atoms with Crippen molar-refractivity contribution in [2.75, 3.05) is 20.7 Å². The van der Waals surface area contributed by atoms with Crippen LogP contribution in [0, 0.1) is 0 Å². The van der Waals surface area contributed by atoms with Crippen molar-refractivity contribution in [2.24, 2.45) is 4.99 Å². The zero-order valence-electron chi connectivity index (χ0n) is 25.5. The second-order valence-corrected chi connectivity index (χ2v) is 15.3. The summed E-state index contributed by atoms with van der Waals surface area (Å²) in [6.07, 6.45) is 0. The molecule has 3 aromatic rings. The normalized spacial score (nSPS) is 20.8. The van der Waals surface area contributed by atoms with Gasteiger partial charge in [0.15, 0.2) is 0 Å². The second kappa shape index (κ2) is 11.7. The maximum absolute atomic E-state index is 13.7. The fourth-order valence-electron chi connectivity index (χ4n) is 5.55. The van der Waals surface area contributed by atoms with Gasteiger partial charge in [-0.1, -0.05) is 68.2 Å². The highest BCUT2D eigenvalue weighted by Gasteiger charge is 2.59. The topological polar surface area (TPSA) is 79.3 Å². The summed E-state index contributed by atoms with van der Waals surface area (Å²) in [7, 11) is -0.965. The molecule has 0 spiro atoms. The first kappa shape index (κ1) is 33.3. The Bertz CT molecular complexity index is 1680. The number of hydrogen-bond donors (Lipinski definition) is 0. The predicted molar refractivity (Wildman–Crippen MR) is 174 cm³/mol. The molecule has 0 saturated heterocycles. The molecule has 43 heavy (non-hydrogen) atoms. The van der Waals surface area contributed by atoms with E-state index in [0.717, 1.165) is 9.87 Å². The Balaban J connectivity index is 2.16. The average molecular weight is 665 g/mol. The van der Waals surface area contributed by atoms with E-state index in [1.165, 1.54) is 19.0 Å². The number of hydrogen-bond acceptors (Lipinski definition) is 5. The van der Waals surface area contributed by atoms with E-state index in [1.54, 1.807) is 36.4 Å². The highest BCUT2D eigenvalue weighted by atomic mass is 35.5. The van der Waals surface area contributed by atoms with Crippen molar-refractivity contribution in [3.8, 4) is 5.75 Å². The molecule has 0 aromatic heterocycles. The Morgan fingerprint density at radius 2 is 1.47 bits per heavy atom. The van der Waals surface area contributed by atoms with Gasteiger partial charge in [-0.2, -0.15) is 0 Å². The van der Waals surface area contributed by atoms with E-state index in [1.807, 2.05) is 65.8 Å². The van der Waals surface area contributed by atoms with Crippen LogP contribution >= 0.6 is 34.8 Å². The molecule has 1 aliphatic heterocycles. The molecule has 7 nitrogen and oxygen atoms in total. The van der Waals surface area contributed by atoms with E-state index in [9.17, 15) is 13.2 Å². The Hall–Kier alpha value is -2.62. The van der Waals surface area contributed by atoms with Gasteiger partial charge in [0.25, 0.3) is 0 Å². The largest absolute Gasteiger partial charge is 0.493 e. The molecule has 230 valence electrons. The minimum atomic E-state index is -3.93. The molecule has 4 rings (SSSR count). The minimum Gasteiger partial charge on any atom is -0.493 e. The summed E-state index contributed by atoms with van der Waals surface area (Å²) in [6, 6.07) is 17.6. The molecule has 1 amide bonds. The van der Waals surface area contributed by atoms with Gasteiger partial charge in [0.05, 0.1) is 17.1 Å². The highest BCUT2D eigenvalue weighted by Crippen LogP contribution is 2.54. The summed E-state index contributed by atoms with van der Waals surface area (Å²) >= 11 is 18.9. The van der Waals surface area contributed by atoms with E-state index in [2.05, 4.69) is 0 Å². The van der Waals surface area contributed by atoms with Crippen LogP contribution in [0.2, 0.25) is 10.0 Å². The van der Waals surface area contributed by atoms with E-state index in [0.29, 0.717) is 39.1 Å². The van der Waals surface area contributed by atoms with Gasteiger partial charge in [-0.05, 0) is 90.9 Å². The summed E-state index contributed by atoms with van der Waals surface area (Å²) in [4.78, 5) is 20.3. The van der Waals surface area contributed by atoms with Gasteiger partial charge in [-0.25, -0.2) is 12.7 Å². The smallest absolute Gasteiger partial charge is 0.322 e. The van der Waals surface area contributed by atoms with Crippen LogP contribution < -0.4 is 4.74 Å². The van der Waals surface area contributed by atoms with E-state index < -0.39 is 31.9 Å². The summed E-state index contributed by atoms with van der Waals surface area (Å²) in [5.41, 5.74) is -0.494. The fourth-order valence-corrected chi connectivity index (χ4v) is 7.35. The van der Waals surface area contributed by atoms with Gasteiger partial charge in [0.2, 0.25) is 10.0 Å². The van der Waals surface area contributed by atoms with Crippen molar-refractivity contribution in [1.82, 2.24) is 9.21 Å². The van der Waals surface area contributed by atoms with Crippen molar-refractivity contribution in [1.29, 1.82) is 0 Å². The van der Waals surface area contributed by atoms with Crippen molar-refractivity contribution in [2.45, 2.75) is 62.9 Å². The molecule has 0 unspecified atom stereocenters. The second-order valence-electron chi connectivity index (χ2n) is 12.0. The molecule has 0 fully saturated rings. The van der Waals surface area contributed by atoms with Crippen molar-refractivity contribution >= 4 is 56.0 Å². The number of aliphatic imine (C=N–C) groups is 1. The van der Waals surface area contributed by atoms with E-state index in [-0.39, 0.29) is 10.7 Å². The Labute approximate surface area is 269 Å². The maximum Gasteiger partial charge on any atom is 0.322 e. The third-order valence-corrected chi connectivity index (χ3v) is 10.6. The molecule has 0 saturated carbocycles. The number of sulfonamides is 1. The molecule has 11 heteroatoms. The van der Waals surface area contributed by atoms with Crippen LogP contribution in [0.4, 0.5) is 4.79 Å². The van der Waals surface area contributed by atoms with Crippen LogP contribution in [-0.2, 0) is 26.5 Å². The van der Waals surface area contributed by atoms with Crippen LogP contribution in [0.1, 0.15) is 63.8 Å². The van der Waals surface area contributed by atoms with Crippen molar-refractivity contribution in [3.05, 3.63) is 93.0 Å². The zero-order valence-corrected chi connectivity index (χ0v) is 28.6. The molecule has 0 bridgehead atoms. The first-order chi connectivity index (χ1) is 19.9. The Morgan fingerprint density at radius 1 is 0.953 bits per heavy atom. The van der Waals surface area contributed by atoms with Crippen molar-refractivity contribution < 1.29 is 17.9 Å². The van der Waals surface area contributed by atoms with Gasteiger partial charge >= 0.3 is 5.37 Å². The number of rotatable bonds is 7. The van der Waals surface area contributed by atoms with Gasteiger partial charge in [-0.15, -0.1) is 0 Å². The monoisotopic (exact) mass is 663 g/mol. The highest BCUT2D eigenvalue weighted by molar-refractivity contribution is 7.89. The number of halogens is 3. The maximum atomic E-state index is 13.7. The number of benzene rings is 3. The number of nitrogens with zero attached hydrogens (tertiary/aromatic N) is 3. The summed E-state index contributed by atoms with van der Waals surface area (Å²) in [6.45, 7) is 11.7. The van der Waals surface area contributed by atoms with E-state index in [4.69, 9.17) is 44.5 Å². The molecule has 0 N–H and O–H groups in total. The number of amides is 1. The summed E-state index contributed by atoms with van der Waals surface area (Å²) in [5.74, 6) is 0.555. The number of carbonyl (C=O) groups is 1. The van der Waals surface area contributed by atoms with Crippen LogP contribution in [0.5, 0.6) is 5.75 Å². The Morgan fingerprint density at radius 3 is 1.91 bits per heavy atom. The minimum absolute atomic E-state index is 0.0846. The van der Waals surface area contributed by atoms with Gasteiger partial charge < -0.3 is 4.74 Å². The molecule has 3 aromatic carbocycles. The lowest BCUT2D eigenvalue weighted by molar-refractivity contribution is 0.149. The number of amidine groups is 1. The van der Waals surface area contributed by atoms with Gasteiger partial charge in [-0.3, -0.25) is 14.7 Å². The first-order valence-corrected chi connectivity index (χ1v) is 16.3. The molecule has 0 radical (unpaired) electrons. The molecule has 2 atom stereocenters. The first-order valence-electron chi connectivity index (χ1n) is 13.8. The van der Waals surface area contributed by atoms with Crippen LogP contribution in [0.25, 0.3) is 0 Å². The number of ether oxygens (including phenoxy) is 1. The van der Waals surface area contributed by atoms with Gasteiger partial charge in [0, 0.05) is 24.1 Å². The predicted octanol–water partition coefficient (Wildman–Crippen LogP) is 8.19. The van der Waals surface area contributed by atoms with E-state index >= 15 is 0 Å². The molecule has 1 aliphatic rings. The zero-order chi connectivity index (χ0) is 32.1. The number of carbonyl (C=O) groups excluding carboxylic acids is 1. The third kappa shape index (κ3) is 5.69.